The van der Waals surface area contributed by atoms with E-state index >= 15 is 0 Å². The van der Waals surface area contributed by atoms with Crippen molar-refractivity contribution in [3.8, 4) is 6.07 Å². The quantitative estimate of drug-likeness (QED) is 0.639. The molecule has 0 saturated carbocycles. The molecule has 2 rings (SSSR count). The summed E-state index contributed by atoms with van der Waals surface area (Å²) in [5.74, 6) is -0.384. The smallest absolute Gasteiger partial charge is 0.262 e. The first-order valence-corrected chi connectivity index (χ1v) is 8.35. The van der Waals surface area contributed by atoms with E-state index in [4.69, 9.17) is 11.6 Å². The summed E-state index contributed by atoms with van der Waals surface area (Å²) in [6.45, 7) is 5.93. The van der Waals surface area contributed by atoms with Crippen molar-refractivity contribution >= 4 is 34.9 Å². The minimum absolute atomic E-state index is 0.0701. The van der Waals surface area contributed by atoms with Gasteiger partial charge in [0.25, 0.3) is 5.91 Å². The third kappa shape index (κ3) is 4.44. The van der Waals surface area contributed by atoms with Crippen LogP contribution in [0.25, 0.3) is 6.08 Å². The molecular formula is C18H17ClN2OS. The van der Waals surface area contributed by atoms with E-state index in [0.29, 0.717) is 4.34 Å². The van der Waals surface area contributed by atoms with E-state index in [1.807, 2.05) is 39.0 Å². The number of thiophene rings is 1. The minimum atomic E-state index is -0.384. The van der Waals surface area contributed by atoms with Crippen LogP contribution < -0.4 is 5.32 Å². The Kier molecular flexibility index (Phi) is 5.59. The lowest BCUT2D eigenvalue weighted by molar-refractivity contribution is -0.117. The molecule has 0 aliphatic rings. The molecule has 1 heterocycles. The second-order valence-corrected chi connectivity index (χ2v) is 7.11. The molecule has 1 amide bonds. The zero-order valence-electron chi connectivity index (χ0n) is 13.2. The van der Waals surface area contributed by atoms with Crippen LogP contribution in [0.3, 0.4) is 0 Å². The summed E-state index contributed by atoms with van der Waals surface area (Å²) < 4.78 is 0.623. The molecular weight excluding hydrogens is 328 g/mol. The van der Waals surface area contributed by atoms with Crippen LogP contribution in [0.2, 0.25) is 4.34 Å². The van der Waals surface area contributed by atoms with Crippen molar-refractivity contribution in [1.82, 2.24) is 5.32 Å². The van der Waals surface area contributed by atoms with E-state index in [1.165, 1.54) is 11.3 Å². The molecule has 0 spiro atoms. The van der Waals surface area contributed by atoms with Gasteiger partial charge in [0.1, 0.15) is 11.6 Å². The zero-order valence-corrected chi connectivity index (χ0v) is 14.8. The number of nitrogens with zero attached hydrogens (tertiary/aromatic N) is 1. The van der Waals surface area contributed by atoms with Crippen LogP contribution in [0.4, 0.5) is 0 Å². The van der Waals surface area contributed by atoms with Crippen LogP contribution >= 0.6 is 22.9 Å². The third-order valence-corrected chi connectivity index (χ3v) is 4.67. The SMILES string of the molecule is Cc1ccc(C)c([C@H](C)NC(=O)/C(C#N)=C/c2ccc(Cl)s2)c1. The molecule has 1 aromatic heterocycles. The number of hydrogen-bond donors (Lipinski definition) is 1. The van der Waals surface area contributed by atoms with Gasteiger partial charge in [-0.3, -0.25) is 4.79 Å². The predicted molar refractivity (Wildman–Crippen MR) is 95.4 cm³/mol. The van der Waals surface area contributed by atoms with Crippen molar-refractivity contribution in [3.05, 3.63) is 61.8 Å². The normalized spacial score (nSPS) is 12.6. The molecule has 1 N–H and O–H groups in total. The Labute approximate surface area is 145 Å². The second kappa shape index (κ2) is 7.45. The van der Waals surface area contributed by atoms with E-state index in [9.17, 15) is 10.1 Å². The summed E-state index contributed by atoms with van der Waals surface area (Å²) in [7, 11) is 0. The van der Waals surface area contributed by atoms with Crippen LogP contribution in [-0.2, 0) is 4.79 Å². The summed E-state index contributed by atoms with van der Waals surface area (Å²) in [6.07, 6.45) is 1.56. The number of benzene rings is 1. The van der Waals surface area contributed by atoms with Gasteiger partial charge in [-0.05, 0) is 50.1 Å². The van der Waals surface area contributed by atoms with Crippen molar-refractivity contribution in [2.75, 3.05) is 0 Å². The summed E-state index contributed by atoms with van der Waals surface area (Å²) in [4.78, 5) is 13.1. The van der Waals surface area contributed by atoms with Crippen molar-refractivity contribution in [3.63, 3.8) is 0 Å². The number of carbonyl (C=O) groups is 1. The standard InChI is InChI=1S/C18H17ClN2OS/c1-11-4-5-12(2)16(8-11)13(3)21-18(22)14(10-20)9-15-6-7-17(19)23-15/h4-9,13H,1-3H3,(H,21,22)/b14-9+/t13-/m0/s1. The molecule has 23 heavy (non-hydrogen) atoms. The molecule has 0 fully saturated rings. The molecule has 1 aromatic carbocycles. The van der Waals surface area contributed by atoms with Crippen LogP contribution in [0.15, 0.2) is 35.9 Å². The summed E-state index contributed by atoms with van der Waals surface area (Å²) in [5, 5.41) is 12.1. The van der Waals surface area contributed by atoms with Gasteiger partial charge >= 0.3 is 0 Å². The maximum absolute atomic E-state index is 12.3. The van der Waals surface area contributed by atoms with E-state index in [0.717, 1.165) is 21.6 Å². The van der Waals surface area contributed by atoms with Crippen molar-refractivity contribution in [2.24, 2.45) is 0 Å². The molecule has 0 radical (unpaired) electrons. The highest BCUT2D eigenvalue weighted by atomic mass is 35.5. The molecule has 0 aliphatic heterocycles. The van der Waals surface area contributed by atoms with E-state index < -0.39 is 0 Å². The van der Waals surface area contributed by atoms with Crippen LogP contribution in [0.5, 0.6) is 0 Å². The molecule has 118 valence electrons. The van der Waals surface area contributed by atoms with E-state index in [1.54, 1.807) is 18.2 Å². The molecule has 0 aliphatic carbocycles. The topological polar surface area (TPSA) is 52.9 Å². The van der Waals surface area contributed by atoms with Crippen molar-refractivity contribution < 1.29 is 4.79 Å². The van der Waals surface area contributed by atoms with Crippen LogP contribution in [0, 0.1) is 25.2 Å². The lowest BCUT2D eigenvalue weighted by atomic mass is 10.00. The Hall–Kier alpha value is -2.09. The first-order chi connectivity index (χ1) is 10.9. The van der Waals surface area contributed by atoms with Gasteiger partial charge in [-0.1, -0.05) is 35.4 Å². The Morgan fingerprint density at radius 3 is 2.70 bits per heavy atom. The number of aryl methyl sites for hydroxylation is 2. The van der Waals surface area contributed by atoms with Gasteiger partial charge in [0.2, 0.25) is 0 Å². The molecule has 0 saturated heterocycles. The van der Waals surface area contributed by atoms with Crippen LogP contribution in [-0.4, -0.2) is 5.91 Å². The number of nitriles is 1. The number of halogens is 1. The Balaban J connectivity index is 2.18. The van der Waals surface area contributed by atoms with Gasteiger partial charge in [-0.25, -0.2) is 0 Å². The number of amides is 1. The first-order valence-electron chi connectivity index (χ1n) is 7.16. The molecule has 5 heteroatoms. The number of carbonyl (C=O) groups excluding carboxylic acids is 1. The van der Waals surface area contributed by atoms with Gasteiger partial charge in [0.15, 0.2) is 0 Å². The lowest BCUT2D eigenvalue weighted by Crippen LogP contribution is -2.28. The number of nitrogens with one attached hydrogen (secondary N) is 1. The van der Waals surface area contributed by atoms with E-state index in [-0.39, 0.29) is 17.5 Å². The first kappa shape index (κ1) is 17.3. The monoisotopic (exact) mass is 344 g/mol. The molecule has 3 nitrogen and oxygen atoms in total. The highest BCUT2D eigenvalue weighted by molar-refractivity contribution is 7.17. The number of rotatable bonds is 4. The Morgan fingerprint density at radius 1 is 1.35 bits per heavy atom. The fourth-order valence-corrected chi connectivity index (χ4v) is 3.28. The van der Waals surface area contributed by atoms with Crippen molar-refractivity contribution in [2.45, 2.75) is 26.8 Å². The Morgan fingerprint density at radius 2 is 2.09 bits per heavy atom. The van der Waals surface area contributed by atoms with Gasteiger partial charge in [0, 0.05) is 4.88 Å². The van der Waals surface area contributed by atoms with Crippen LogP contribution in [0.1, 0.15) is 34.5 Å². The Bertz CT molecular complexity index is 802. The molecule has 2 aromatic rings. The van der Waals surface area contributed by atoms with E-state index in [2.05, 4.69) is 11.4 Å². The maximum atomic E-state index is 12.3. The highest BCUT2D eigenvalue weighted by Gasteiger charge is 2.15. The maximum Gasteiger partial charge on any atom is 0.262 e. The highest BCUT2D eigenvalue weighted by Crippen LogP contribution is 2.24. The fraction of sp³-hybridized carbons (Fsp3) is 0.222. The molecule has 1 atom stereocenters. The van der Waals surface area contributed by atoms with Gasteiger partial charge in [-0.2, -0.15) is 5.26 Å². The van der Waals surface area contributed by atoms with Crippen molar-refractivity contribution in [1.29, 1.82) is 5.26 Å². The molecule has 0 unspecified atom stereocenters. The summed E-state index contributed by atoms with van der Waals surface area (Å²) in [6, 6.07) is 11.4. The average molecular weight is 345 g/mol. The fourth-order valence-electron chi connectivity index (χ4n) is 2.28. The third-order valence-electron chi connectivity index (χ3n) is 3.49. The minimum Gasteiger partial charge on any atom is -0.345 e. The molecule has 0 bridgehead atoms. The van der Waals surface area contributed by atoms with Gasteiger partial charge in [-0.15, -0.1) is 11.3 Å². The lowest BCUT2D eigenvalue weighted by Gasteiger charge is -2.17. The predicted octanol–water partition coefficient (Wildman–Crippen LogP) is 4.80. The summed E-state index contributed by atoms with van der Waals surface area (Å²) in [5.41, 5.74) is 3.36. The average Bonchev–Trinajstić information content (AvgIpc) is 2.92. The zero-order chi connectivity index (χ0) is 17.0. The summed E-state index contributed by atoms with van der Waals surface area (Å²) >= 11 is 7.20. The van der Waals surface area contributed by atoms with Gasteiger partial charge < -0.3 is 5.32 Å². The van der Waals surface area contributed by atoms with Gasteiger partial charge in [0.05, 0.1) is 10.4 Å². The number of hydrogen-bond acceptors (Lipinski definition) is 3. The largest absolute Gasteiger partial charge is 0.345 e. The second-order valence-electron chi connectivity index (χ2n) is 5.37.